The van der Waals surface area contributed by atoms with E-state index in [4.69, 9.17) is 18.9 Å². The summed E-state index contributed by atoms with van der Waals surface area (Å²) in [5.74, 6) is -0.689. The number of hydrogen-bond acceptors (Lipinski definition) is 5. The van der Waals surface area contributed by atoms with Crippen LogP contribution >= 0.6 is 0 Å². The largest absolute Gasteiger partial charge is 0.432 e. The van der Waals surface area contributed by atoms with Crippen LogP contribution in [0.5, 0.6) is 5.75 Å². The third-order valence-electron chi connectivity index (χ3n) is 4.95. The fraction of sp³-hybridized carbons (Fsp3) is 0.700. The Hall–Kier alpha value is -1.35. The molecule has 2 aliphatic heterocycles. The maximum absolute atomic E-state index is 13.8. The Labute approximate surface area is 163 Å². The highest BCUT2D eigenvalue weighted by atomic mass is 19.3. The Balaban J connectivity index is 1.39. The van der Waals surface area contributed by atoms with Crippen molar-refractivity contribution in [2.45, 2.75) is 51.8 Å². The summed E-state index contributed by atoms with van der Waals surface area (Å²) in [5, 5.41) is 0. The fourth-order valence-electron chi connectivity index (χ4n) is 3.45. The molecule has 2 aliphatic rings. The van der Waals surface area contributed by atoms with Gasteiger partial charge in [0.2, 0.25) is 0 Å². The summed E-state index contributed by atoms with van der Waals surface area (Å²) >= 11 is 0. The molecule has 8 heteroatoms. The maximum Gasteiger partial charge on any atom is 0.387 e. The minimum Gasteiger partial charge on any atom is -0.432 e. The van der Waals surface area contributed by atoms with Crippen molar-refractivity contribution in [2.75, 3.05) is 26.4 Å². The molecule has 0 saturated carbocycles. The van der Waals surface area contributed by atoms with E-state index in [9.17, 15) is 13.2 Å². The van der Waals surface area contributed by atoms with E-state index in [1.807, 2.05) is 0 Å². The zero-order chi connectivity index (χ0) is 19.9. The molecule has 0 N–H and O–H groups in total. The van der Waals surface area contributed by atoms with Gasteiger partial charge in [0, 0.05) is 17.4 Å². The van der Waals surface area contributed by atoms with Crippen LogP contribution in [-0.4, -0.2) is 39.3 Å². The first kappa shape index (κ1) is 21.4. The van der Waals surface area contributed by atoms with E-state index in [2.05, 4.69) is 11.7 Å². The van der Waals surface area contributed by atoms with E-state index in [1.165, 1.54) is 6.07 Å². The van der Waals surface area contributed by atoms with E-state index >= 15 is 0 Å². The van der Waals surface area contributed by atoms with Crippen LogP contribution in [0.4, 0.5) is 13.2 Å². The lowest BCUT2D eigenvalue weighted by Gasteiger charge is -2.32. The lowest BCUT2D eigenvalue weighted by Crippen LogP contribution is -2.33. The van der Waals surface area contributed by atoms with Gasteiger partial charge in [-0.15, -0.1) is 0 Å². The predicted octanol–water partition coefficient (Wildman–Crippen LogP) is 4.66. The first-order valence-corrected chi connectivity index (χ1v) is 9.75. The van der Waals surface area contributed by atoms with Gasteiger partial charge in [0.1, 0.15) is 0 Å². The maximum atomic E-state index is 13.8. The van der Waals surface area contributed by atoms with Crippen LogP contribution in [0.3, 0.4) is 0 Å². The molecule has 0 spiro atoms. The quantitative estimate of drug-likeness (QED) is 0.631. The van der Waals surface area contributed by atoms with Crippen molar-refractivity contribution in [3.8, 4) is 5.75 Å². The molecule has 5 nitrogen and oxygen atoms in total. The summed E-state index contributed by atoms with van der Waals surface area (Å²) in [6, 6.07) is 3.71. The molecule has 0 amide bonds. The predicted molar refractivity (Wildman–Crippen MR) is 94.5 cm³/mol. The van der Waals surface area contributed by atoms with E-state index in [0.717, 1.165) is 51.0 Å². The van der Waals surface area contributed by atoms with Crippen molar-refractivity contribution in [3.63, 3.8) is 0 Å². The van der Waals surface area contributed by atoms with Crippen LogP contribution in [0.15, 0.2) is 18.2 Å². The highest BCUT2D eigenvalue weighted by molar-refractivity contribution is 5.30. The number of hydrogen-bond donors (Lipinski definition) is 0. The highest BCUT2D eigenvalue weighted by Crippen LogP contribution is 2.30. The second-order valence-corrected chi connectivity index (χ2v) is 7.26. The van der Waals surface area contributed by atoms with Gasteiger partial charge < -0.3 is 23.7 Å². The average molecular weight is 404 g/mol. The molecule has 0 aliphatic carbocycles. The molecule has 3 rings (SSSR count). The third kappa shape index (κ3) is 6.07. The molecule has 0 atom stereocenters. The van der Waals surface area contributed by atoms with Crippen molar-refractivity contribution in [1.29, 1.82) is 0 Å². The van der Waals surface area contributed by atoms with Crippen LogP contribution < -0.4 is 4.74 Å². The van der Waals surface area contributed by atoms with Crippen molar-refractivity contribution in [2.24, 2.45) is 11.8 Å². The SMILES string of the molecule is CCC[C@H]1CO[C@H](CC[C@H]2CO[C@H](c3ccc(OC(F)F)c(F)c3)OC2)OC1. The molecule has 0 radical (unpaired) electrons. The number of rotatable bonds is 8. The first-order valence-electron chi connectivity index (χ1n) is 9.75. The summed E-state index contributed by atoms with van der Waals surface area (Å²) in [5.41, 5.74) is 0.429. The number of halogens is 3. The molecule has 0 aromatic heterocycles. The molecule has 1 aromatic rings. The van der Waals surface area contributed by atoms with Gasteiger partial charge in [-0.3, -0.25) is 0 Å². The molecular weight excluding hydrogens is 377 g/mol. The molecule has 2 saturated heterocycles. The van der Waals surface area contributed by atoms with E-state index in [0.29, 0.717) is 24.7 Å². The summed E-state index contributed by atoms with van der Waals surface area (Å²) in [6.07, 6.45) is 2.96. The van der Waals surface area contributed by atoms with E-state index in [1.54, 1.807) is 0 Å². The summed E-state index contributed by atoms with van der Waals surface area (Å²) < 4.78 is 65.2. The lowest BCUT2D eigenvalue weighted by atomic mass is 10.0. The van der Waals surface area contributed by atoms with Gasteiger partial charge in [0.25, 0.3) is 0 Å². The van der Waals surface area contributed by atoms with Crippen molar-refractivity contribution >= 4 is 0 Å². The van der Waals surface area contributed by atoms with Crippen LogP contribution in [0.2, 0.25) is 0 Å². The Kier molecular flexibility index (Phi) is 7.96. The van der Waals surface area contributed by atoms with Crippen LogP contribution in [0.25, 0.3) is 0 Å². The van der Waals surface area contributed by atoms with Crippen LogP contribution in [-0.2, 0) is 18.9 Å². The smallest absolute Gasteiger partial charge is 0.387 e. The van der Waals surface area contributed by atoms with Gasteiger partial charge in [-0.25, -0.2) is 4.39 Å². The molecule has 158 valence electrons. The lowest BCUT2D eigenvalue weighted by molar-refractivity contribution is -0.220. The molecular formula is C20H27F3O5. The van der Waals surface area contributed by atoms with Gasteiger partial charge in [0.05, 0.1) is 26.4 Å². The molecule has 0 unspecified atom stereocenters. The number of benzene rings is 1. The Morgan fingerprint density at radius 3 is 2.21 bits per heavy atom. The second kappa shape index (κ2) is 10.4. The van der Waals surface area contributed by atoms with E-state index < -0.39 is 24.5 Å². The molecule has 28 heavy (non-hydrogen) atoms. The van der Waals surface area contributed by atoms with Crippen molar-refractivity contribution in [3.05, 3.63) is 29.6 Å². The minimum absolute atomic E-state index is 0.178. The van der Waals surface area contributed by atoms with Gasteiger partial charge >= 0.3 is 6.61 Å². The van der Waals surface area contributed by atoms with E-state index in [-0.39, 0.29) is 12.2 Å². The summed E-state index contributed by atoms with van der Waals surface area (Å²) in [4.78, 5) is 0. The Bertz CT molecular complexity index is 600. The number of alkyl halides is 2. The zero-order valence-electron chi connectivity index (χ0n) is 16.0. The van der Waals surface area contributed by atoms with Crippen LogP contribution in [0.1, 0.15) is 44.5 Å². The first-order chi connectivity index (χ1) is 13.5. The van der Waals surface area contributed by atoms with Gasteiger partial charge in [-0.1, -0.05) is 19.4 Å². The fourth-order valence-corrected chi connectivity index (χ4v) is 3.45. The van der Waals surface area contributed by atoms with Crippen molar-refractivity contribution < 1.29 is 36.9 Å². The van der Waals surface area contributed by atoms with Gasteiger partial charge in [0.15, 0.2) is 24.1 Å². The molecule has 2 heterocycles. The standard InChI is InChI=1S/C20H27F3O5/c1-2-3-13-9-24-18(25-10-13)7-4-14-11-26-19(27-12-14)15-5-6-17(16(21)8-15)28-20(22)23/h5-6,8,13-14,18-20H,2-4,7,9-12H2,1H3/t13-,14-,18-,19-. The normalized spacial score (nSPS) is 28.5. The highest BCUT2D eigenvalue weighted by Gasteiger charge is 2.27. The Morgan fingerprint density at radius 1 is 0.964 bits per heavy atom. The second-order valence-electron chi connectivity index (χ2n) is 7.26. The monoisotopic (exact) mass is 404 g/mol. The van der Waals surface area contributed by atoms with Gasteiger partial charge in [-0.2, -0.15) is 8.78 Å². The minimum atomic E-state index is -3.07. The zero-order valence-corrected chi connectivity index (χ0v) is 16.0. The topological polar surface area (TPSA) is 46.2 Å². The van der Waals surface area contributed by atoms with Gasteiger partial charge in [-0.05, 0) is 31.4 Å². The van der Waals surface area contributed by atoms with Crippen LogP contribution in [0, 0.1) is 17.7 Å². The molecule has 2 fully saturated rings. The summed E-state index contributed by atoms with van der Waals surface area (Å²) in [6.45, 7) is 1.50. The molecule has 0 bridgehead atoms. The Morgan fingerprint density at radius 2 is 1.61 bits per heavy atom. The third-order valence-corrected chi connectivity index (χ3v) is 4.95. The molecule has 1 aromatic carbocycles. The number of ether oxygens (including phenoxy) is 5. The summed E-state index contributed by atoms with van der Waals surface area (Å²) in [7, 11) is 0. The van der Waals surface area contributed by atoms with Crippen molar-refractivity contribution in [1.82, 2.24) is 0 Å². The average Bonchev–Trinajstić information content (AvgIpc) is 2.69.